The van der Waals surface area contributed by atoms with E-state index in [4.69, 9.17) is 0 Å². The lowest BCUT2D eigenvalue weighted by atomic mass is 10.0. The van der Waals surface area contributed by atoms with Crippen molar-refractivity contribution in [1.82, 2.24) is 0 Å². The quantitative estimate of drug-likeness (QED) is 0.751. The van der Waals surface area contributed by atoms with Gasteiger partial charge in [0.2, 0.25) is 0 Å². The molecule has 0 aliphatic rings. The molecule has 0 aromatic heterocycles. The Balaban J connectivity index is 0.00000121. The first-order chi connectivity index (χ1) is 8.17. The lowest BCUT2D eigenvalue weighted by Gasteiger charge is -2.06. The number of aryl methyl sites for hydroxylation is 1. The third-order valence-electron chi connectivity index (χ3n) is 2.22. The van der Waals surface area contributed by atoms with Crippen LogP contribution in [0.3, 0.4) is 0 Å². The zero-order chi connectivity index (χ0) is 13.3. The number of phenols is 1. The first-order valence-corrected chi connectivity index (χ1v) is 5.90. The van der Waals surface area contributed by atoms with E-state index in [0.717, 1.165) is 16.7 Å². The highest BCUT2D eigenvalue weighted by molar-refractivity contribution is 5.40. The standard InChI is InChI=1S/C14H16O.C2H6/c1-4-6-12(5-2)10-13-9-11(3)7-8-14(13)15;1-2/h4-9,15H,1-2,10H2,3H3;1-2H3/b12-6+;. The molecule has 0 aliphatic heterocycles. The highest BCUT2D eigenvalue weighted by Gasteiger charge is 2.02. The second-order valence-electron chi connectivity index (χ2n) is 3.49. The molecule has 1 aromatic carbocycles. The van der Waals surface area contributed by atoms with Gasteiger partial charge >= 0.3 is 0 Å². The summed E-state index contributed by atoms with van der Waals surface area (Å²) in [5, 5.41) is 9.66. The molecular formula is C16H22O. The van der Waals surface area contributed by atoms with E-state index in [0.29, 0.717) is 12.2 Å². The molecule has 17 heavy (non-hydrogen) atoms. The van der Waals surface area contributed by atoms with Crippen LogP contribution in [0.15, 0.2) is 55.2 Å². The van der Waals surface area contributed by atoms with Crippen molar-refractivity contribution >= 4 is 0 Å². The van der Waals surface area contributed by atoms with Crippen molar-refractivity contribution in [3.63, 3.8) is 0 Å². The molecule has 0 heterocycles. The monoisotopic (exact) mass is 230 g/mol. The third kappa shape index (κ3) is 5.21. The zero-order valence-corrected chi connectivity index (χ0v) is 11.0. The van der Waals surface area contributed by atoms with Gasteiger partial charge in [0.25, 0.3) is 0 Å². The number of aromatic hydroxyl groups is 1. The van der Waals surface area contributed by atoms with Crippen molar-refractivity contribution in [3.8, 4) is 5.75 Å². The summed E-state index contributed by atoms with van der Waals surface area (Å²) in [6.07, 6.45) is 6.09. The van der Waals surface area contributed by atoms with Crippen molar-refractivity contribution in [3.05, 3.63) is 66.3 Å². The van der Waals surface area contributed by atoms with Gasteiger partial charge in [-0.25, -0.2) is 0 Å². The molecule has 1 aromatic rings. The minimum absolute atomic E-state index is 0.331. The summed E-state index contributed by atoms with van der Waals surface area (Å²) in [5.74, 6) is 0.331. The highest BCUT2D eigenvalue weighted by Crippen LogP contribution is 2.21. The van der Waals surface area contributed by atoms with Crippen LogP contribution in [0.25, 0.3) is 0 Å². The second-order valence-corrected chi connectivity index (χ2v) is 3.49. The fraction of sp³-hybridized carbons (Fsp3) is 0.250. The summed E-state index contributed by atoms with van der Waals surface area (Å²) < 4.78 is 0. The van der Waals surface area contributed by atoms with Gasteiger partial charge in [0.15, 0.2) is 0 Å². The summed E-state index contributed by atoms with van der Waals surface area (Å²) in [7, 11) is 0. The SMILES string of the molecule is C=C/C=C(\C=C)Cc1cc(C)ccc1O.CC. The average Bonchev–Trinajstić information content (AvgIpc) is 2.35. The summed E-state index contributed by atoms with van der Waals surface area (Å²) in [4.78, 5) is 0. The van der Waals surface area contributed by atoms with Crippen molar-refractivity contribution in [2.24, 2.45) is 0 Å². The van der Waals surface area contributed by atoms with Gasteiger partial charge in [-0.15, -0.1) is 0 Å². The van der Waals surface area contributed by atoms with Gasteiger partial charge in [-0.3, -0.25) is 0 Å². The van der Waals surface area contributed by atoms with E-state index in [-0.39, 0.29) is 0 Å². The molecule has 92 valence electrons. The van der Waals surface area contributed by atoms with E-state index >= 15 is 0 Å². The average molecular weight is 230 g/mol. The van der Waals surface area contributed by atoms with Crippen molar-refractivity contribution in [1.29, 1.82) is 0 Å². The van der Waals surface area contributed by atoms with Gasteiger partial charge in [-0.2, -0.15) is 0 Å². The summed E-state index contributed by atoms with van der Waals surface area (Å²) in [6.45, 7) is 13.4. The Morgan fingerprint density at radius 1 is 1.29 bits per heavy atom. The predicted molar refractivity (Wildman–Crippen MR) is 76.4 cm³/mol. The number of benzene rings is 1. The third-order valence-corrected chi connectivity index (χ3v) is 2.22. The van der Waals surface area contributed by atoms with E-state index < -0.39 is 0 Å². The first kappa shape index (κ1) is 15.2. The lowest BCUT2D eigenvalue weighted by molar-refractivity contribution is 0.469. The van der Waals surface area contributed by atoms with Crippen LogP contribution >= 0.6 is 0 Å². The zero-order valence-electron chi connectivity index (χ0n) is 11.0. The predicted octanol–water partition coefficient (Wildman–Crippen LogP) is 4.57. The van der Waals surface area contributed by atoms with E-state index in [1.165, 1.54) is 0 Å². The Morgan fingerprint density at radius 2 is 1.94 bits per heavy atom. The van der Waals surface area contributed by atoms with Crippen LogP contribution in [0, 0.1) is 6.92 Å². The smallest absolute Gasteiger partial charge is 0.119 e. The van der Waals surface area contributed by atoms with Crippen molar-refractivity contribution in [2.75, 3.05) is 0 Å². The van der Waals surface area contributed by atoms with Crippen molar-refractivity contribution < 1.29 is 5.11 Å². The summed E-state index contributed by atoms with van der Waals surface area (Å²) in [6, 6.07) is 5.60. The minimum atomic E-state index is 0.331. The van der Waals surface area contributed by atoms with Crippen molar-refractivity contribution in [2.45, 2.75) is 27.2 Å². The van der Waals surface area contributed by atoms with E-state index in [1.54, 1.807) is 18.2 Å². The number of hydrogen-bond donors (Lipinski definition) is 1. The van der Waals surface area contributed by atoms with E-state index in [1.807, 2.05) is 39.0 Å². The molecule has 0 spiro atoms. The van der Waals surface area contributed by atoms with Crippen LogP contribution in [0.1, 0.15) is 25.0 Å². The van der Waals surface area contributed by atoms with Crippen LogP contribution in [-0.2, 0) is 6.42 Å². The van der Waals surface area contributed by atoms with Gasteiger partial charge in [0, 0.05) is 6.42 Å². The maximum atomic E-state index is 9.66. The molecule has 0 aliphatic carbocycles. The molecule has 0 unspecified atom stereocenters. The van der Waals surface area contributed by atoms with Crippen LogP contribution in [0.4, 0.5) is 0 Å². The summed E-state index contributed by atoms with van der Waals surface area (Å²) in [5.41, 5.74) is 3.11. The molecule has 0 saturated heterocycles. The Labute approximate surface area is 105 Å². The van der Waals surface area contributed by atoms with Crippen LogP contribution in [-0.4, -0.2) is 5.11 Å². The Kier molecular flexibility index (Phi) is 7.53. The molecule has 0 saturated carbocycles. The van der Waals surface area contributed by atoms with Gasteiger partial charge in [-0.05, 0) is 24.1 Å². The minimum Gasteiger partial charge on any atom is -0.508 e. The molecule has 0 fully saturated rings. The van der Waals surface area contributed by atoms with Gasteiger partial charge < -0.3 is 5.11 Å². The highest BCUT2D eigenvalue weighted by atomic mass is 16.3. The topological polar surface area (TPSA) is 20.2 Å². The number of allylic oxidation sites excluding steroid dienone is 4. The molecular weight excluding hydrogens is 208 g/mol. The fourth-order valence-electron chi connectivity index (χ4n) is 1.43. The number of hydrogen-bond acceptors (Lipinski definition) is 1. The first-order valence-electron chi connectivity index (χ1n) is 5.90. The Morgan fingerprint density at radius 3 is 2.47 bits per heavy atom. The molecule has 1 N–H and O–H groups in total. The maximum Gasteiger partial charge on any atom is 0.119 e. The van der Waals surface area contributed by atoms with Gasteiger partial charge in [0.1, 0.15) is 5.75 Å². The number of phenolic OH excluding ortho intramolecular Hbond substituents is 1. The van der Waals surface area contributed by atoms with E-state index in [2.05, 4.69) is 13.2 Å². The second kappa shape index (κ2) is 8.40. The van der Waals surface area contributed by atoms with Crippen LogP contribution < -0.4 is 0 Å². The number of rotatable bonds is 4. The molecule has 0 atom stereocenters. The normalized spacial score (nSPS) is 10.2. The molecule has 0 radical (unpaired) electrons. The largest absolute Gasteiger partial charge is 0.508 e. The lowest BCUT2D eigenvalue weighted by Crippen LogP contribution is -1.89. The molecule has 1 rings (SSSR count). The van der Waals surface area contributed by atoms with Gasteiger partial charge in [-0.1, -0.05) is 62.9 Å². The van der Waals surface area contributed by atoms with Crippen LogP contribution in [0.5, 0.6) is 5.75 Å². The Hall–Kier alpha value is -1.76. The molecule has 1 heteroatoms. The maximum absolute atomic E-state index is 9.66. The fourth-order valence-corrected chi connectivity index (χ4v) is 1.43. The van der Waals surface area contributed by atoms with Gasteiger partial charge in [0.05, 0.1) is 0 Å². The molecule has 0 bridgehead atoms. The Bertz CT molecular complexity index is 400. The van der Waals surface area contributed by atoms with E-state index in [9.17, 15) is 5.11 Å². The summed E-state index contributed by atoms with van der Waals surface area (Å²) >= 11 is 0. The van der Waals surface area contributed by atoms with Crippen LogP contribution in [0.2, 0.25) is 0 Å². The molecule has 1 nitrogen and oxygen atoms in total. The molecule has 0 amide bonds.